The Balaban J connectivity index is 0.953. The van der Waals surface area contributed by atoms with Crippen molar-refractivity contribution in [3.8, 4) is 44.5 Å². The quantitative estimate of drug-likeness (QED) is 0.101. The van der Waals surface area contributed by atoms with Crippen molar-refractivity contribution in [3.63, 3.8) is 0 Å². The van der Waals surface area contributed by atoms with E-state index in [2.05, 4.69) is 228 Å². The van der Waals surface area contributed by atoms with E-state index in [1.54, 1.807) is 0 Å². The van der Waals surface area contributed by atoms with Crippen molar-refractivity contribution in [1.29, 1.82) is 0 Å². The van der Waals surface area contributed by atoms with Crippen LogP contribution >= 0.6 is 14.0 Å². The average molecular weight is 931 g/mol. The second-order valence-corrected chi connectivity index (χ2v) is 28.6. The minimum Gasteiger partial charge on any atom is -0.373 e. The van der Waals surface area contributed by atoms with Crippen molar-refractivity contribution in [2.75, 3.05) is 9.62 Å². The Kier molecular flexibility index (Phi) is 7.51. The number of hydrogen-bond donors (Lipinski definition) is 0. The summed E-state index contributed by atoms with van der Waals surface area (Å²) in [7, 11) is -9.41. The predicted octanol–water partition coefficient (Wildman–Crippen LogP) is 8.71. The summed E-state index contributed by atoms with van der Waals surface area (Å²) in [5.74, 6) is 0. The molecule has 0 saturated heterocycles. The van der Waals surface area contributed by atoms with Crippen molar-refractivity contribution in [2.45, 2.75) is 0 Å². The Bertz CT molecular complexity index is 3790. The summed E-state index contributed by atoms with van der Waals surface area (Å²) in [4.78, 5) is 4.84. The molecule has 0 amide bonds. The van der Waals surface area contributed by atoms with Crippen LogP contribution in [0.2, 0.25) is 0 Å². The number of rotatable bonds is 4. The third-order valence-corrected chi connectivity index (χ3v) is 28.0. The summed E-state index contributed by atoms with van der Waals surface area (Å²) in [6.45, 7) is -0.671. The highest BCUT2D eigenvalue weighted by atomic mass is 31.2. The van der Waals surface area contributed by atoms with Gasteiger partial charge in [0.1, 0.15) is 14.0 Å². The van der Waals surface area contributed by atoms with Gasteiger partial charge >= 0.3 is 13.1 Å². The van der Waals surface area contributed by atoms with E-state index in [0.29, 0.717) is 0 Å². The molecule has 6 aliphatic rings. The Morgan fingerprint density at radius 1 is 0.304 bits per heavy atom. The summed E-state index contributed by atoms with van der Waals surface area (Å²) >= 11 is 0. The highest BCUT2D eigenvalue weighted by Gasteiger charge is 2.62. The van der Waals surface area contributed by atoms with Gasteiger partial charge in [-0.1, -0.05) is 206 Å². The standard InChI is InChI=1S/C60H38B2N2O2P2Si/c65-67-57-31-13-9-23-45(57)47-25-15-29-55(59(47)67)63-53-35-33-41(37-49(53)43-21-7-11-27-51(43)61(63)67)69(39-17-3-1-4-18-39,40-19-5-2-6-20-40)42-34-36-54-50(38-42)44-22-8-12-28-52(44)62-64(54)56-30-16-26-48-46-24-10-14-32-58(46)68(62,66)60(48)56/h1-38H. The fourth-order valence-corrected chi connectivity index (χ4v) is 26.3. The molecule has 6 heterocycles. The number of hydrogen-bond acceptors (Lipinski definition) is 4. The van der Waals surface area contributed by atoms with Gasteiger partial charge in [-0.25, -0.2) is 0 Å². The second-order valence-electron chi connectivity index (χ2n) is 19.3. The van der Waals surface area contributed by atoms with Crippen LogP contribution in [0.1, 0.15) is 0 Å². The molecule has 2 unspecified atom stereocenters. The molecule has 0 saturated carbocycles. The molecule has 2 atom stereocenters. The molecule has 4 nitrogen and oxygen atoms in total. The molecule has 9 heteroatoms. The molecule has 10 aromatic carbocycles. The Morgan fingerprint density at radius 2 is 0.681 bits per heavy atom. The van der Waals surface area contributed by atoms with E-state index < -0.39 is 22.1 Å². The van der Waals surface area contributed by atoms with Crippen molar-refractivity contribution in [2.24, 2.45) is 0 Å². The molecule has 10 aromatic rings. The van der Waals surface area contributed by atoms with Gasteiger partial charge < -0.3 is 18.8 Å². The zero-order valence-corrected chi connectivity index (χ0v) is 40.0. The maximum absolute atomic E-state index is 16.2. The largest absolute Gasteiger partial charge is 0.377 e. The summed E-state index contributed by atoms with van der Waals surface area (Å²) in [6.07, 6.45) is 0. The van der Waals surface area contributed by atoms with Gasteiger partial charge in [0.25, 0.3) is 0 Å². The first-order valence-corrected chi connectivity index (χ1v) is 29.4. The van der Waals surface area contributed by atoms with Crippen LogP contribution in [0.3, 0.4) is 0 Å². The normalized spacial score (nSPS) is 18.6. The molecule has 0 spiro atoms. The van der Waals surface area contributed by atoms with E-state index in [0.717, 1.165) is 99.4 Å². The minimum absolute atomic E-state index is 0.336. The van der Waals surface area contributed by atoms with Gasteiger partial charge in [0.2, 0.25) is 0 Å². The number of fused-ring (bicyclic) bond motifs is 22. The van der Waals surface area contributed by atoms with E-state index in [-0.39, 0.29) is 13.1 Å². The SMILES string of the molecule is O=P12B3c4ccccc4-c4cc([Si](c5ccccc5)(c5ccccc5)c5ccc6c(c5)-c5ccccc5B5N6c6cccc7c6P5(=O)c5ccccc5-7)ccc4N3c3cccc(c31)-c1ccccc12. The monoisotopic (exact) mass is 930 g/mol. The first-order chi connectivity index (χ1) is 34.0. The van der Waals surface area contributed by atoms with Crippen molar-refractivity contribution < 1.29 is 9.13 Å². The van der Waals surface area contributed by atoms with Crippen LogP contribution in [0.25, 0.3) is 44.5 Å². The first-order valence-electron chi connectivity index (χ1n) is 23.9. The van der Waals surface area contributed by atoms with Gasteiger partial charge in [-0.05, 0) is 89.3 Å². The van der Waals surface area contributed by atoms with Gasteiger partial charge in [0.05, 0.1) is 0 Å². The molecule has 0 N–H and O–H groups in total. The first kappa shape index (κ1) is 38.6. The van der Waals surface area contributed by atoms with Crippen LogP contribution in [-0.4, -0.2) is 21.2 Å². The van der Waals surface area contributed by atoms with Crippen LogP contribution in [0, 0.1) is 0 Å². The third kappa shape index (κ3) is 4.52. The molecule has 69 heavy (non-hydrogen) atoms. The molecule has 0 aromatic heterocycles. The van der Waals surface area contributed by atoms with Gasteiger partial charge in [-0.3, -0.25) is 0 Å². The predicted molar refractivity (Wildman–Crippen MR) is 293 cm³/mol. The number of nitrogens with zero attached hydrogens (tertiary/aromatic N) is 2. The molecule has 0 fully saturated rings. The zero-order valence-electron chi connectivity index (χ0n) is 37.2. The molecule has 0 bridgehead atoms. The Labute approximate surface area is 402 Å². The average Bonchev–Trinajstić information content (AvgIpc) is 4.06. The van der Waals surface area contributed by atoms with E-state index in [9.17, 15) is 0 Å². The number of benzene rings is 10. The smallest absolute Gasteiger partial charge is 0.373 e. The highest BCUT2D eigenvalue weighted by Crippen LogP contribution is 2.67. The third-order valence-electron chi connectivity index (χ3n) is 16.3. The lowest BCUT2D eigenvalue weighted by molar-refractivity contribution is 0.594. The van der Waals surface area contributed by atoms with Crippen LogP contribution in [-0.2, 0) is 9.13 Å². The molecule has 0 radical (unpaired) electrons. The van der Waals surface area contributed by atoms with Crippen molar-refractivity contribution in [3.05, 3.63) is 231 Å². The van der Waals surface area contributed by atoms with Crippen molar-refractivity contribution >= 4 is 111 Å². The van der Waals surface area contributed by atoms with E-state index in [1.165, 1.54) is 20.7 Å². The lowest BCUT2D eigenvalue weighted by Crippen LogP contribution is -2.74. The fourth-order valence-electron chi connectivity index (χ4n) is 13.8. The van der Waals surface area contributed by atoms with Gasteiger partial charge in [-0.2, -0.15) is 0 Å². The molecule has 6 aliphatic heterocycles. The Morgan fingerprint density at radius 3 is 1.13 bits per heavy atom. The Hall–Kier alpha value is -7.39. The van der Waals surface area contributed by atoms with E-state index in [4.69, 9.17) is 0 Å². The number of anilines is 4. The van der Waals surface area contributed by atoms with Gasteiger partial charge in [0.15, 0.2) is 8.07 Å². The summed E-state index contributed by atoms with van der Waals surface area (Å²) in [5, 5.41) is 9.07. The lowest BCUT2D eigenvalue weighted by Gasteiger charge is -2.40. The van der Waals surface area contributed by atoms with Crippen LogP contribution in [0.5, 0.6) is 0 Å². The minimum atomic E-state index is -3.17. The van der Waals surface area contributed by atoms with Crippen LogP contribution in [0.4, 0.5) is 22.7 Å². The summed E-state index contributed by atoms with van der Waals surface area (Å²) < 4.78 is 32.4. The molecular weight excluding hydrogens is 892 g/mol. The zero-order chi connectivity index (χ0) is 45.4. The molecule has 0 aliphatic carbocycles. The maximum Gasteiger partial charge on any atom is 0.377 e. The molecule has 320 valence electrons. The van der Waals surface area contributed by atoms with Crippen LogP contribution in [0.15, 0.2) is 231 Å². The topological polar surface area (TPSA) is 40.6 Å². The maximum atomic E-state index is 16.2. The van der Waals surface area contributed by atoms with Crippen LogP contribution < -0.4 is 62.5 Å². The van der Waals surface area contributed by atoms with E-state index >= 15 is 9.13 Å². The highest BCUT2D eigenvalue weighted by molar-refractivity contribution is 8.10. The fraction of sp³-hybridized carbons (Fsp3) is 0. The second kappa shape index (κ2) is 13.4. The van der Waals surface area contributed by atoms with E-state index in [1.807, 2.05) is 12.1 Å². The summed E-state index contributed by atoms with van der Waals surface area (Å²) in [6, 6.07) is 84.0. The molecule has 16 rings (SSSR count). The molecular formula is C60H38B2N2O2P2Si. The van der Waals surface area contributed by atoms with Gasteiger partial charge in [-0.15, -0.1) is 0 Å². The lowest BCUT2D eigenvalue weighted by atomic mass is 9.69. The van der Waals surface area contributed by atoms with Crippen molar-refractivity contribution in [1.82, 2.24) is 0 Å². The van der Waals surface area contributed by atoms with Gasteiger partial charge in [0, 0.05) is 55.1 Å². The summed E-state index contributed by atoms with van der Waals surface area (Å²) in [5.41, 5.74) is 15.5.